The Morgan fingerprint density at radius 2 is 2.33 bits per heavy atom. The van der Waals surface area contributed by atoms with E-state index < -0.39 is 10.9 Å². The molecule has 82 valence electrons. The summed E-state index contributed by atoms with van der Waals surface area (Å²) in [4.78, 5) is 22.0. The molecule has 0 spiro atoms. The van der Waals surface area contributed by atoms with E-state index in [9.17, 15) is 14.7 Å². The molecule has 0 aromatic carbocycles. The number of hydrogen-bond acceptors (Lipinski definition) is 4. The maximum atomic E-state index is 11.4. The fraction of sp³-hybridized carbons (Fsp3) is 0.333. The van der Waals surface area contributed by atoms with E-state index in [-0.39, 0.29) is 5.88 Å². The Bertz CT molecular complexity index is 440. The standard InChI is InChI=1S/C9H12N2O3S/c1-6(2)3-4-10-8(13)11-7(12)5-15-9(11)14/h3,5,12H,4H2,1-2H3,(H,10,13). The first-order valence-corrected chi connectivity index (χ1v) is 5.21. The van der Waals surface area contributed by atoms with Crippen molar-refractivity contribution < 1.29 is 9.90 Å². The first kappa shape index (κ1) is 11.5. The van der Waals surface area contributed by atoms with Gasteiger partial charge in [0.25, 0.3) is 0 Å². The summed E-state index contributed by atoms with van der Waals surface area (Å²) in [5.41, 5.74) is 1.07. The van der Waals surface area contributed by atoms with Crippen molar-refractivity contribution in [3.05, 3.63) is 26.7 Å². The number of thiazole rings is 1. The molecule has 0 fully saturated rings. The average Bonchev–Trinajstić information content (AvgIpc) is 2.45. The maximum absolute atomic E-state index is 11.4. The largest absolute Gasteiger partial charge is 0.493 e. The number of allylic oxidation sites excluding steroid dienone is 1. The highest BCUT2D eigenvalue weighted by Crippen LogP contribution is 2.07. The lowest BCUT2D eigenvalue weighted by Gasteiger charge is -2.02. The Morgan fingerprint density at radius 1 is 1.67 bits per heavy atom. The minimum atomic E-state index is -0.615. The van der Waals surface area contributed by atoms with Gasteiger partial charge in [-0.05, 0) is 13.8 Å². The van der Waals surface area contributed by atoms with Gasteiger partial charge in [-0.3, -0.25) is 4.79 Å². The molecule has 0 aliphatic heterocycles. The van der Waals surface area contributed by atoms with Crippen molar-refractivity contribution in [1.82, 2.24) is 9.88 Å². The van der Waals surface area contributed by atoms with E-state index in [0.717, 1.165) is 16.9 Å². The molecular formula is C9H12N2O3S. The lowest BCUT2D eigenvalue weighted by molar-refractivity contribution is 0.240. The highest BCUT2D eigenvalue weighted by Gasteiger charge is 2.11. The molecule has 0 saturated heterocycles. The molecule has 5 nitrogen and oxygen atoms in total. The molecule has 1 aromatic heterocycles. The van der Waals surface area contributed by atoms with Crippen molar-refractivity contribution >= 4 is 17.4 Å². The average molecular weight is 228 g/mol. The number of aromatic hydroxyl groups is 1. The molecule has 2 N–H and O–H groups in total. The highest BCUT2D eigenvalue weighted by atomic mass is 32.1. The minimum absolute atomic E-state index is 0.334. The van der Waals surface area contributed by atoms with Gasteiger partial charge in [-0.1, -0.05) is 23.0 Å². The molecule has 6 heteroatoms. The first-order chi connectivity index (χ1) is 7.02. The quantitative estimate of drug-likeness (QED) is 0.746. The van der Waals surface area contributed by atoms with Crippen LogP contribution in [0.15, 0.2) is 21.8 Å². The van der Waals surface area contributed by atoms with E-state index in [4.69, 9.17) is 0 Å². The highest BCUT2D eigenvalue weighted by molar-refractivity contribution is 7.07. The van der Waals surface area contributed by atoms with Gasteiger partial charge in [-0.15, -0.1) is 0 Å². The fourth-order valence-electron chi connectivity index (χ4n) is 0.911. The van der Waals surface area contributed by atoms with Crippen LogP contribution in [-0.4, -0.2) is 22.2 Å². The Balaban J connectivity index is 2.70. The van der Waals surface area contributed by atoms with E-state index in [1.54, 1.807) is 0 Å². The summed E-state index contributed by atoms with van der Waals surface area (Å²) in [6.45, 7) is 4.14. The normalized spacial score (nSPS) is 9.73. The van der Waals surface area contributed by atoms with Gasteiger partial charge in [-0.25, -0.2) is 4.79 Å². The van der Waals surface area contributed by atoms with Crippen LogP contribution in [0.4, 0.5) is 4.79 Å². The lowest BCUT2D eigenvalue weighted by Crippen LogP contribution is -2.33. The monoisotopic (exact) mass is 228 g/mol. The van der Waals surface area contributed by atoms with Crippen LogP contribution in [0.1, 0.15) is 13.8 Å². The number of rotatable bonds is 2. The number of carbonyl (C=O) groups excluding carboxylic acids is 1. The van der Waals surface area contributed by atoms with Crippen LogP contribution in [0, 0.1) is 0 Å². The zero-order chi connectivity index (χ0) is 11.4. The number of hydrogen-bond donors (Lipinski definition) is 2. The second kappa shape index (κ2) is 4.79. The van der Waals surface area contributed by atoms with Crippen molar-refractivity contribution in [3.8, 4) is 5.88 Å². The Kier molecular flexibility index (Phi) is 3.68. The van der Waals surface area contributed by atoms with E-state index in [2.05, 4.69) is 5.32 Å². The van der Waals surface area contributed by atoms with E-state index in [1.807, 2.05) is 19.9 Å². The zero-order valence-corrected chi connectivity index (χ0v) is 9.30. The topological polar surface area (TPSA) is 71.3 Å². The van der Waals surface area contributed by atoms with Crippen molar-refractivity contribution in [3.63, 3.8) is 0 Å². The van der Waals surface area contributed by atoms with Crippen molar-refractivity contribution in [2.75, 3.05) is 6.54 Å². The summed E-state index contributed by atoms with van der Waals surface area (Å²) in [5.74, 6) is -0.334. The van der Waals surface area contributed by atoms with E-state index >= 15 is 0 Å². The lowest BCUT2D eigenvalue weighted by atomic mass is 10.3. The molecule has 0 saturated carbocycles. The Hall–Kier alpha value is -1.56. The van der Waals surface area contributed by atoms with Gasteiger partial charge < -0.3 is 10.4 Å². The molecule has 0 aliphatic rings. The van der Waals surface area contributed by atoms with E-state index in [0.29, 0.717) is 11.1 Å². The fourth-order valence-corrected chi connectivity index (χ4v) is 1.50. The van der Waals surface area contributed by atoms with Crippen LogP contribution in [0.5, 0.6) is 5.88 Å². The molecule has 1 amide bonds. The minimum Gasteiger partial charge on any atom is -0.493 e. The molecule has 1 aromatic rings. The van der Waals surface area contributed by atoms with Crippen LogP contribution < -0.4 is 10.2 Å². The van der Waals surface area contributed by atoms with Crippen LogP contribution in [-0.2, 0) is 0 Å². The molecule has 0 aliphatic carbocycles. The van der Waals surface area contributed by atoms with Gasteiger partial charge in [0.15, 0.2) is 0 Å². The predicted molar refractivity (Wildman–Crippen MR) is 58.5 cm³/mol. The molecule has 0 unspecified atom stereocenters. The summed E-state index contributed by atoms with van der Waals surface area (Å²) in [6, 6.07) is -0.615. The van der Waals surface area contributed by atoms with Crippen LogP contribution in [0.25, 0.3) is 0 Å². The number of amides is 1. The Morgan fingerprint density at radius 3 is 2.80 bits per heavy atom. The second-order valence-corrected chi connectivity index (χ2v) is 3.98. The van der Waals surface area contributed by atoms with Crippen molar-refractivity contribution in [2.45, 2.75) is 13.8 Å². The van der Waals surface area contributed by atoms with Gasteiger partial charge >= 0.3 is 10.9 Å². The number of nitrogens with one attached hydrogen (secondary N) is 1. The summed E-state index contributed by atoms with van der Waals surface area (Å²) in [7, 11) is 0. The third kappa shape index (κ3) is 2.95. The number of aromatic nitrogens is 1. The third-order valence-electron chi connectivity index (χ3n) is 1.64. The van der Waals surface area contributed by atoms with Gasteiger partial charge in [0.2, 0.25) is 5.88 Å². The van der Waals surface area contributed by atoms with Gasteiger partial charge in [0, 0.05) is 6.54 Å². The molecule has 15 heavy (non-hydrogen) atoms. The van der Waals surface area contributed by atoms with Crippen LogP contribution in [0.3, 0.4) is 0 Å². The molecule has 0 atom stereocenters. The third-order valence-corrected chi connectivity index (χ3v) is 2.36. The predicted octanol–water partition coefficient (Wildman–Crippen LogP) is 1.14. The van der Waals surface area contributed by atoms with Gasteiger partial charge in [-0.2, -0.15) is 4.57 Å². The maximum Gasteiger partial charge on any atom is 0.332 e. The van der Waals surface area contributed by atoms with E-state index in [1.165, 1.54) is 5.38 Å². The number of nitrogens with zero attached hydrogens (tertiary/aromatic N) is 1. The second-order valence-electron chi connectivity index (χ2n) is 3.16. The van der Waals surface area contributed by atoms with Crippen molar-refractivity contribution in [1.29, 1.82) is 0 Å². The molecule has 1 heterocycles. The van der Waals surface area contributed by atoms with Crippen LogP contribution in [0.2, 0.25) is 0 Å². The SMILES string of the molecule is CC(C)=CCNC(=O)n1c(O)csc1=O. The first-order valence-electron chi connectivity index (χ1n) is 4.33. The van der Waals surface area contributed by atoms with Gasteiger partial charge in [0.1, 0.15) is 0 Å². The molecule has 0 bridgehead atoms. The molecule has 0 radical (unpaired) electrons. The van der Waals surface area contributed by atoms with Gasteiger partial charge in [0.05, 0.1) is 5.38 Å². The number of carbonyl (C=O) groups is 1. The van der Waals surface area contributed by atoms with Crippen LogP contribution >= 0.6 is 11.3 Å². The molecule has 1 rings (SSSR count). The van der Waals surface area contributed by atoms with Crippen molar-refractivity contribution in [2.24, 2.45) is 0 Å². The zero-order valence-electron chi connectivity index (χ0n) is 8.48. The summed E-state index contributed by atoms with van der Waals surface area (Å²) >= 11 is 0.780. The summed E-state index contributed by atoms with van der Waals surface area (Å²) < 4.78 is 0.698. The Labute approximate surface area is 90.7 Å². The summed E-state index contributed by atoms with van der Waals surface area (Å²) in [6.07, 6.45) is 1.81. The molecular weight excluding hydrogens is 216 g/mol. The summed E-state index contributed by atoms with van der Waals surface area (Å²) in [5, 5.41) is 12.9. The smallest absolute Gasteiger partial charge is 0.332 e.